The minimum absolute atomic E-state index is 0.170. The highest BCUT2D eigenvalue weighted by Gasteiger charge is 2.30. The highest BCUT2D eigenvalue weighted by Crippen LogP contribution is 2.21. The summed E-state index contributed by atoms with van der Waals surface area (Å²) in [7, 11) is 1.66. The number of hydrogen-bond acceptors (Lipinski definition) is 3. The van der Waals surface area contributed by atoms with E-state index >= 15 is 0 Å². The van der Waals surface area contributed by atoms with Crippen molar-refractivity contribution in [3.8, 4) is 0 Å². The second-order valence-electron chi connectivity index (χ2n) is 7.85. The highest BCUT2D eigenvalue weighted by molar-refractivity contribution is 5.93. The molecule has 1 saturated heterocycles. The van der Waals surface area contributed by atoms with Crippen LogP contribution in [0.2, 0.25) is 0 Å². The third-order valence-electron chi connectivity index (χ3n) is 5.46. The van der Waals surface area contributed by atoms with Crippen LogP contribution >= 0.6 is 0 Å². The van der Waals surface area contributed by atoms with E-state index in [1.807, 2.05) is 17.0 Å². The van der Waals surface area contributed by atoms with Gasteiger partial charge in [0.25, 0.3) is 11.5 Å². The summed E-state index contributed by atoms with van der Waals surface area (Å²) in [6.45, 7) is 7.08. The first-order chi connectivity index (χ1) is 13.4. The summed E-state index contributed by atoms with van der Waals surface area (Å²) >= 11 is 0. The normalized spacial score (nSPS) is 18.3. The lowest BCUT2D eigenvalue weighted by Gasteiger charge is -2.34. The smallest absolute Gasteiger partial charge is 0.263 e. The average molecular weight is 385 g/mol. The number of hydrogen-bond donors (Lipinski definition) is 0. The van der Waals surface area contributed by atoms with Crippen LogP contribution in [0, 0.1) is 11.7 Å². The van der Waals surface area contributed by atoms with Crippen molar-refractivity contribution in [3.63, 3.8) is 0 Å². The van der Waals surface area contributed by atoms with Crippen molar-refractivity contribution in [2.75, 3.05) is 19.6 Å². The third-order valence-corrected chi connectivity index (χ3v) is 5.46. The molecular formula is C22H28FN3O2. The van der Waals surface area contributed by atoms with Crippen LogP contribution in [0.4, 0.5) is 4.39 Å². The fourth-order valence-corrected chi connectivity index (χ4v) is 3.83. The van der Waals surface area contributed by atoms with Gasteiger partial charge in [-0.3, -0.25) is 14.5 Å². The minimum atomic E-state index is -0.263. The molecule has 6 heteroatoms. The molecule has 0 spiro atoms. The summed E-state index contributed by atoms with van der Waals surface area (Å²) in [5.74, 6) is -0.0934. The summed E-state index contributed by atoms with van der Waals surface area (Å²) in [6, 6.07) is 10.1. The van der Waals surface area contributed by atoms with Gasteiger partial charge in [0.2, 0.25) is 0 Å². The molecule has 1 fully saturated rings. The van der Waals surface area contributed by atoms with Crippen molar-refractivity contribution in [2.24, 2.45) is 13.0 Å². The lowest BCUT2D eigenvalue weighted by atomic mass is 10.0. The SMILES string of the molecule is CC(C)[C@H]1CN(C(=O)c2cccn(C)c2=O)CCCN1Cc1ccc(F)cc1. The molecule has 3 rings (SSSR count). The monoisotopic (exact) mass is 385 g/mol. The van der Waals surface area contributed by atoms with Crippen LogP contribution in [0.15, 0.2) is 47.4 Å². The number of rotatable bonds is 4. The van der Waals surface area contributed by atoms with Gasteiger partial charge in [-0.25, -0.2) is 4.39 Å². The summed E-state index contributed by atoms with van der Waals surface area (Å²) in [5.41, 5.74) is 1.02. The van der Waals surface area contributed by atoms with Crippen LogP contribution in [0.5, 0.6) is 0 Å². The number of nitrogens with zero attached hydrogens (tertiary/aromatic N) is 3. The Bertz CT molecular complexity index is 876. The van der Waals surface area contributed by atoms with Gasteiger partial charge in [0.15, 0.2) is 0 Å². The van der Waals surface area contributed by atoms with Crippen molar-refractivity contribution in [1.82, 2.24) is 14.4 Å². The van der Waals surface area contributed by atoms with Crippen LogP contribution in [-0.4, -0.2) is 46.0 Å². The average Bonchev–Trinajstić information content (AvgIpc) is 2.88. The number of aromatic nitrogens is 1. The van der Waals surface area contributed by atoms with Crippen molar-refractivity contribution in [1.29, 1.82) is 0 Å². The molecule has 150 valence electrons. The standard InChI is InChI=1S/C22H28FN3O2/c1-16(2)20-15-26(22(28)19-6-4-11-24(3)21(19)27)13-5-12-25(20)14-17-7-9-18(23)10-8-17/h4,6-11,16,20H,5,12-15H2,1-3H3/t20-/m1/s1. The van der Waals surface area contributed by atoms with Crippen LogP contribution in [-0.2, 0) is 13.6 Å². The molecule has 1 aromatic carbocycles. The van der Waals surface area contributed by atoms with Crippen molar-refractivity contribution >= 4 is 5.91 Å². The van der Waals surface area contributed by atoms with Crippen LogP contribution in [0.3, 0.4) is 0 Å². The molecule has 2 aromatic rings. The molecule has 0 unspecified atom stereocenters. The van der Waals surface area contributed by atoms with Crippen molar-refractivity contribution < 1.29 is 9.18 Å². The van der Waals surface area contributed by atoms with E-state index in [-0.39, 0.29) is 28.9 Å². The van der Waals surface area contributed by atoms with E-state index in [1.54, 1.807) is 25.4 Å². The van der Waals surface area contributed by atoms with E-state index in [0.29, 0.717) is 19.0 Å². The molecule has 0 aliphatic carbocycles. The Hall–Kier alpha value is -2.47. The summed E-state index contributed by atoms with van der Waals surface area (Å²) in [4.78, 5) is 29.6. The van der Waals surface area contributed by atoms with Gasteiger partial charge < -0.3 is 9.47 Å². The third kappa shape index (κ3) is 4.50. The van der Waals surface area contributed by atoms with Gasteiger partial charge in [-0.15, -0.1) is 0 Å². The van der Waals surface area contributed by atoms with E-state index < -0.39 is 0 Å². The summed E-state index contributed by atoms with van der Waals surface area (Å²) < 4.78 is 14.6. The van der Waals surface area contributed by atoms with Crippen LogP contribution in [0.1, 0.15) is 36.2 Å². The lowest BCUT2D eigenvalue weighted by Crippen LogP contribution is -2.46. The van der Waals surface area contributed by atoms with E-state index in [0.717, 1.165) is 25.1 Å². The molecular weight excluding hydrogens is 357 g/mol. The predicted octanol–water partition coefficient (Wildman–Crippen LogP) is 2.90. The number of pyridine rings is 1. The van der Waals surface area contributed by atoms with Gasteiger partial charge in [0.1, 0.15) is 11.4 Å². The maximum Gasteiger partial charge on any atom is 0.263 e. The first kappa shape index (κ1) is 20.3. The topological polar surface area (TPSA) is 45.6 Å². The zero-order valence-corrected chi connectivity index (χ0v) is 16.8. The molecule has 1 aromatic heterocycles. The maximum atomic E-state index is 13.2. The molecule has 0 saturated carbocycles. The fraction of sp³-hybridized carbons (Fsp3) is 0.455. The van der Waals surface area contributed by atoms with Gasteiger partial charge in [-0.1, -0.05) is 26.0 Å². The molecule has 1 aliphatic rings. The molecule has 1 amide bonds. The molecule has 1 aliphatic heterocycles. The lowest BCUT2D eigenvalue weighted by molar-refractivity contribution is 0.0700. The molecule has 0 bridgehead atoms. The van der Waals surface area contributed by atoms with E-state index in [2.05, 4.69) is 18.7 Å². The molecule has 2 heterocycles. The number of aryl methyl sites for hydroxylation is 1. The number of amides is 1. The van der Waals surface area contributed by atoms with Gasteiger partial charge >= 0.3 is 0 Å². The van der Waals surface area contributed by atoms with Crippen molar-refractivity contribution in [2.45, 2.75) is 32.9 Å². The maximum absolute atomic E-state index is 13.2. The van der Waals surface area contributed by atoms with E-state index in [1.165, 1.54) is 16.7 Å². The molecule has 28 heavy (non-hydrogen) atoms. The number of carbonyl (C=O) groups excluding carboxylic acids is 1. The Morgan fingerprint density at radius 3 is 2.57 bits per heavy atom. The Balaban J connectivity index is 1.80. The van der Waals surface area contributed by atoms with Gasteiger partial charge in [-0.05, 0) is 42.2 Å². The van der Waals surface area contributed by atoms with Crippen LogP contribution in [0.25, 0.3) is 0 Å². The number of benzene rings is 1. The Morgan fingerprint density at radius 1 is 1.18 bits per heavy atom. The highest BCUT2D eigenvalue weighted by atomic mass is 19.1. The van der Waals surface area contributed by atoms with Crippen molar-refractivity contribution in [3.05, 3.63) is 69.9 Å². The van der Waals surface area contributed by atoms with Gasteiger partial charge in [0, 0.05) is 45.5 Å². The minimum Gasteiger partial charge on any atom is -0.337 e. The first-order valence-corrected chi connectivity index (χ1v) is 9.80. The Labute approximate surface area is 165 Å². The summed E-state index contributed by atoms with van der Waals surface area (Å²) in [6.07, 6.45) is 2.49. The second-order valence-corrected chi connectivity index (χ2v) is 7.85. The molecule has 5 nitrogen and oxygen atoms in total. The Kier molecular flexibility index (Phi) is 6.29. The molecule has 0 radical (unpaired) electrons. The summed E-state index contributed by atoms with van der Waals surface area (Å²) in [5, 5.41) is 0. The molecule has 1 atom stereocenters. The van der Waals surface area contributed by atoms with Crippen LogP contribution < -0.4 is 5.56 Å². The fourth-order valence-electron chi connectivity index (χ4n) is 3.83. The zero-order chi connectivity index (χ0) is 20.3. The quantitative estimate of drug-likeness (QED) is 0.813. The predicted molar refractivity (Wildman–Crippen MR) is 108 cm³/mol. The number of halogens is 1. The van der Waals surface area contributed by atoms with Gasteiger partial charge in [0.05, 0.1) is 0 Å². The zero-order valence-electron chi connectivity index (χ0n) is 16.8. The second kappa shape index (κ2) is 8.69. The molecule has 0 N–H and O–H groups in total. The number of carbonyl (C=O) groups is 1. The first-order valence-electron chi connectivity index (χ1n) is 9.80. The Morgan fingerprint density at radius 2 is 1.89 bits per heavy atom. The van der Waals surface area contributed by atoms with E-state index in [4.69, 9.17) is 0 Å². The van der Waals surface area contributed by atoms with E-state index in [9.17, 15) is 14.0 Å². The largest absolute Gasteiger partial charge is 0.337 e. The van der Waals surface area contributed by atoms with Gasteiger partial charge in [-0.2, -0.15) is 0 Å².